The van der Waals surface area contributed by atoms with Crippen LogP contribution in [0.4, 0.5) is 68.2 Å². The van der Waals surface area contributed by atoms with Gasteiger partial charge in [0.25, 0.3) is 0 Å². The number of para-hydroxylation sites is 4. The van der Waals surface area contributed by atoms with Crippen molar-refractivity contribution in [2.45, 2.75) is 0 Å². The molecule has 0 aliphatic carbocycles. The van der Waals surface area contributed by atoms with Crippen LogP contribution in [0.3, 0.4) is 0 Å². The molecule has 0 N–H and O–H groups in total. The van der Waals surface area contributed by atoms with Crippen molar-refractivity contribution in [3.05, 3.63) is 399 Å². The number of hydrogen-bond donors (Lipinski definition) is 0. The number of nitriles is 2. The summed E-state index contributed by atoms with van der Waals surface area (Å²) < 4.78 is 0. The van der Waals surface area contributed by atoms with Gasteiger partial charge in [-0.2, -0.15) is 10.5 Å². The van der Waals surface area contributed by atoms with Crippen LogP contribution in [-0.4, -0.2) is 0 Å². The lowest BCUT2D eigenvalue weighted by Gasteiger charge is -2.28. The van der Waals surface area contributed by atoms with Crippen molar-refractivity contribution < 1.29 is 0 Å². The summed E-state index contributed by atoms with van der Waals surface area (Å²) in [4.78, 5) is 9.08. The van der Waals surface area contributed by atoms with E-state index in [0.717, 1.165) is 134 Å². The van der Waals surface area contributed by atoms with Crippen LogP contribution in [0, 0.1) is 22.7 Å². The Bertz CT molecular complexity index is 5280. The second-order valence-corrected chi connectivity index (χ2v) is 25.5. The van der Waals surface area contributed by atoms with Gasteiger partial charge in [0.15, 0.2) is 0 Å². The Balaban J connectivity index is 0.898. The molecule has 0 saturated carbocycles. The summed E-state index contributed by atoms with van der Waals surface area (Å²) in [5.41, 5.74) is 18.3. The predicted octanol–water partition coefficient (Wildman–Crippen LogP) is 26.6. The van der Waals surface area contributed by atoms with E-state index in [4.69, 9.17) is 0 Å². The molecule has 102 heavy (non-hydrogen) atoms. The van der Waals surface area contributed by atoms with Gasteiger partial charge in [-0.15, -0.1) is 0 Å². The summed E-state index contributed by atoms with van der Waals surface area (Å²) in [6.45, 7) is 0. The molecule has 6 heteroatoms. The molecule has 0 aliphatic rings. The first-order valence-corrected chi connectivity index (χ1v) is 34.3. The highest BCUT2D eigenvalue weighted by Gasteiger charge is 2.30. The molecule has 0 aromatic heterocycles. The summed E-state index contributed by atoms with van der Waals surface area (Å²) in [5, 5.41) is 34.2. The first kappa shape index (κ1) is 61.5. The summed E-state index contributed by atoms with van der Waals surface area (Å²) in [5.74, 6) is 0. The average molecular weight is 1300 g/mol. The van der Waals surface area contributed by atoms with Gasteiger partial charge in [0.2, 0.25) is 0 Å². The predicted molar refractivity (Wildman–Crippen MR) is 426 cm³/mol. The second kappa shape index (κ2) is 27.1. The van der Waals surface area contributed by atoms with Crippen molar-refractivity contribution in [1.82, 2.24) is 0 Å². The van der Waals surface area contributed by atoms with Gasteiger partial charge in [0.05, 0.1) is 11.1 Å². The molecule has 478 valence electrons. The monoisotopic (exact) mass is 1300 g/mol. The summed E-state index contributed by atoms with van der Waals surface area (Å²) in [6, 6.07) is 142. The van der Waals surface area contributed by atoms with Crippen LogP contribution in [0.15, 0.2) is 388 Å². The zero-order valence-corrected chi connectivity index (χ0v) is 55.6. The molecule has 0 saturated heterocycles. The van der Waals surface area contributed by atoms with Crippen LogP contribution in [0.5, 0.6) is 0 Å². The Morgan fingerprint density at radius 1 is 0.157 bits per heavy atom. The standard InChI is InChI=1S/C96H64N6/c97-65-91-93(71-41-49-83(50-42-71)99(79-29-5-1-6-30-79)87-57-37-67-21-13-17-25-75(67)61-87)94(72-43-51-84(52-44-72)100(80-31-7-2-8-32-80)88-58-38-68-22-14-18-26-76(68)62-88)92(66-98)96(74-47-55-86(56-48-74)102(82-35-11-4-12-36-82)90-60-40-70-24-16-20-28-78(70)64-90)95(91)73-45-53-85(54-46-73)101(81-33-9-3-10-34-81)89-59-39-69-23-15-19-27-77(69)63-89/h1-64H. The van der Waals surface area contributed by atoms with Gasteiger partial charge in [0.1, 0.15) is 12.1 Å². The van der Waals surface area contributed by atoms with Crippen molar-refractivity contribution in [2.24, 2.45) is 0 Å². The van der Waals surface area contributed by atoms with E-state index in [1.807, 2.05) is 24.3 Å². The highest BCUT2D eigenvalue weighted by molar-refractivity contribution is 6.06. The van der Waals surface area contributed by atoms with Crippen LogP contribution < -0.4 is 19.6 Å². The lowest BCUT2D eigenvalue weighted by molar-refractivity contribution is 1.28. The fourth-order valence-electron chi connectivity index (χ4n) is 14.6. The molecule has 0 bridgehead atoms. The second-order valence-electron chi connectivity index (χ2n) is 25.5. The minimum atomic E-state index is 0.431. The number of benzene rings is 17. The topological polar surface area (TPSA) is 60.5 Å². The normalized spacial score (nSPS) is 11.1. The lowest BCUT2D eigenvalue weighted by Crippen LogP contribution is -2.10. The minimum Gasteiger partial charge on any atom is -0.310 e. The Hall–Kier alpha value is -14.0. The lowest BCUT2D eigenvalue weighted by atomic mass is 9.78. The molecule has 6 nitrogen and oxygen atoms in total. The Morgan fingerprint density at radius 2 is 0.324 bits per heavy atom. The molecule has 17 aromatic carbocycles. The van der Waals surface area contributed by atoms with Gasteiger partial charge in [-0.25, -0.2) is 0 Å². The van der Waals surface area contributed by atoms with Crippen LogP contribution in [-0.2, 0) is 0 Å². The van der Waals surface area contributed by atoms with Crippen LogP contribution in [0.1, 0.15) is 11.1 Å². The highest BCUT2D eigenvalue weighted by atomic mass is 15.2. The quantitative estimate of drug-likeness (QED) is 0.0961. The van der Waals surface area contributed by atoms with Crippen molar-refractivity contribution in [1.29, 1.82) is 10.5 Å². The molecule has 0 heterocycles. The maximum Gasteiger partial charge on any atom is 0.100 e. The van der Waals surface area contributed by atoms with Crippen LogP contribution >= 0.6 is 0 Å². The number of fused-ring (bicyclic) bond motifs is 4. The molecule has 0 fully saturated rings. The van der Waals surface area contributed by atoms with Gasteiger partial charge >= 0.3 is 0 Å². The van der Waals surface area contributed by atoms with Crippen molar-refractivity contribution in [3.63, 3.8) is 0 Å². The largest absolute Gasteiger partial charge is 0.310 e. The third-order valence-electron chi connectivity index (χ3n) is 19.4. The Labute approximate surface area is 593 Å². The van der Waals surface area contributed by atoms with Crippen molar-refractivity contribution in [2.75, 3.05) is 19.6 Å². The molecular formula is C96H64N6. The van der Waals surface area contributed by atoms with E-state index in [2.05, 4.69) is 396 Å². The summed E-state index contributed by atoms with van der Waals surface area (Å²) >= 11 is 0. The fraction of sp³-hybridized carbons (Fsp3) is 0. The van der Waals surface area contributed by atoms with E-state index in [1.54, 1.807) is 0 Å². The first-order chi connectivity index (χ1) is 50.5. The van der Waals surface area contributed by atoms with Gasteiger partial charge in [0, 0.05) is 90.5 Å². The fourth-order valence-corrected chi connectivity index (χ4v) is 14.6. The van der Waals surface area contributed by atoms with Crippen LogP contribution in [0.2, 0.25) is 0 Å². The molecule has 0 unspecified atom stereocenters. The van der Waals surface area contributed by atoms with Crippen molar-refractivity contribution >= 4 is 111 Å². The summed E-state index contributed by atoms with van der Waals surface area (Å²) in [7, 11) is 0. The first-order valence-electron chi connectivity index (χ1n) is 34.3. The molecule has 0 atom stereocenters. The molecule has 0 amide bonds. The molecular weight excluding hydrogens is 1240 g/mol. The van der Waals surface area contributed by atoms with Gasteiger partial charge in [-0.1, -0.05) is 243 Å². The SMILES string of the molecule is N#Cc1c(-c2ccc(N(c3ccccc3)c3ccc4ccccc4c3)cc2)c(-c2ccc(N(c3ccccc3)c3ccc4ccccc4c3)cc2)c(C#N)c(-c2ccc(N(c3ccccc3)c3ccc4ccccc4c3)cc2)c1-c1ccc(N(c2ccccc2)c2ccc3ccccc3c2)cc1. The minimum absolute atomic E-state index is 0.431. The van der Waals surface area contributed by atoms with Crippen LogP contribution in [0.25, 0.3) is 87.6 Å². The van der Waals surface area contributed by atoms with E-state index in [9.17, 15) is 10.5 Å². The average Bonchev–Trinajstić information content (AvgIpc) is 0.724. The maximum absolute atomic E-state index is 12.5. The zero-order valence-electron chi connectivity index (χ0n) is 55.6. The van der Waals surface area contributed by atoms with E-state index >= 15 is 0 Å². The number of rotatable bonds is 16. The van der Waals surface area contributed by atoms with Crippen molar-refractivity contribution in [3.8, 4) is 56.6 Å². The van der Waals surface area contributed by atoms with Gasteiger partial charge in [-0.3, -0.25) is 0 Å². The molecule has 17 aromatic rings. The van der Waals surface area contributed by atoms with E-state index < -0.39 is 0 Å². The number of nitrogens with zero attached hydrogens (tertiary/aromatic N) is 6. The smallest absolute Gasteiger partial charge is 0.100 e. The zero-order chi connectivity index (χ0) is 68.3. The molecule has 0 spiro atoms. The third kappa shape index (κ3) is 11.7. The number of hydrogen-bond acceptors (Lipinski definition) is 6. The Kier molecular flexibility index (Phi) is 16.4. The summed E-state index contributed by atoms with van der Waals surface area (Å²) in [6.07, 6.45) is 0. The maximum atomic E-state index is 12.5. The Morgan fingerprint density at radius 3 is 0.520 bits per heavy atom. The van der Waals surface area contributed by atoms with E-state index in [-0.39, 0.29) is 0 Å². The van der Waals surface area contributed by atoms with E-state index in [0.29, 0.717) is 33.4 Å². The molecule has 17 rings (SSSR count). The van der Waals surface area contributed by atoms with Gasteiger partial charge < -0.3 is 19.6 Å². The molecule has 0 aliphatic heterocycles. The molecule has 0 radical (unpaired) electrons. The van der Waals surface area contributed by atoms with Gasteiger partial charge in [-0.05, 0) is 211 Å². The number of anilines is 12. The highest BCUT2D eigenvalue weighted by Crippen LogP contribution is 2.52. The van der Waals surface area contributed by atoms with E-state index in [1.165, 1.54) is 0 Å². The third-order valence-corrected chi connectivity index (χ3v) is 19.4.